The minimum absolute atomic E-state index is 0.000615. The van der Waals surface area contributed by atoms with Gasteiger partial charge in [-0.15, -0.1) is 0 Å². The molecule has 0 saturated heterocycles. The van der Waals surface area contributed by atoms with Gasteiger partial charge in [0.25, 0.3) is 0 Å². The van der Waals surface area contributed by atoms with Crippen LogP contribution in [-0.4, -0.2) is 45.1 Å². The van der Waals surface area contributed by atoms with Crippen LogP contribution in [0.3, 0.4) is 0 Å². The molecule has 2 amide bonds. The SMILES string of the molecule is COc1c(/C=N/NC(N)=O)c(C[C@H]2CC(c3ccc(F)cc3)=NO2)c(OC)c2c1OCO2. The average molecular weight is 444 g/mol. The predicted octanol–water partition coefficient (Wildman–Crippen LogP) is 2.31. The van der Waals surface area contributed by atoms with Gasteiger partial charge in [0.15, 0.2) is 11.5 Å². The molecule has 0 radical (unpaired) electrons. The van der Waals surface area contributed by atoms with E-state index in [4.69, 9.17) is 29.5 Å². The molecule has 0 bridgehead atoms. The van der Waals surface area contributed by atoms with E-state index < -0.39 is 6.03 Å². The van der Waals surface area contributed by atoms with Crippen LogP contribution in [0.5, 0.6) is 23.0 Å². The van der Waals surface area contributed by atoms with Crippen molar-refractivity contribution in [2.75, 3.05) is 21.0 Å². The van der Waals surface area contributed by atoms with E-state index in [1.165, 1.54) is 32.6 Å². The maximum Gasteiger partial charge on any atom is 0.332 e. The number of rotatable bonds is 7. The summed E-state index contributed by atoms with van der Waals surface area (Å²) in [7, 11) is 2.99. The molecule has 168 valence electrons. The lowest BCUT2D eigenvalue weighted by Crippen LogP contribution is -2.24. The number of nitrogens with zero attached hydrogens (tertiary/aromatic N) is 2. The number of carbonyl (C=O) groups excluding carboxylic acids is 1. The molecule has 2 aliphatic rings. The summed E-state index contributed by atoms with van der Waals surface area (Å²) in [5.41, 5.74) is 9.89. The first-order valence-electron chi connectivity index (χ1n) is 9.65. The van der Waals surface area contributed by atoms with Crippen molar-refractivity contribution >= 4 is 18.0 Å². The highest BCUT2D eigenvalue weighted by Crippen LogP contribution is 2.52. The number of halogens is 1. The van der Waals surface area contributed by atoms with Gasteiger partial charge in [0.2, 0.25) is 18.3 Å². The van der Waals surface area contributed by atoms with Crippen LogP contribution >= 0.6 is 0 Å². The van der Waals surface area contributed by atoms with Gasteiger partial charge in [0, 0.05) is 24.0 Å². The number of benzene rings is 2. The molecule has 0 fully saturated rings. The van der Waals surface area contributed by atoms with Gasteiger partial charge in [-0.25, -0.2) is 14.6 Å². The van der Waals surface area contributed by atoms with Gasteiger partial charge in [0.05, 0.1) is 26.1 Å². The lowest BCUT2D eigenvalue weighted by atomic mass is 9.95. The van der Waals surface area contributed by atoms with E-state index in [2.05, 4.69) is 15.7 Å². The number of amides is 2. The molecule has 0 aromatic heterocycles. The van der Waals surface area contributed by atoms with Crippen LogP contribution in [0.25, 0.3) is 0 Å². The van der Waals surface area contributed by atoms with Crippen LogP contribution in [0.4, 0.5) is 9.18 Å². The highest BCUT2D eigenvalue weighted by atomic mass is 19.1. The number of methoxy groups -OCH3 is 2. The predicted molar refractivity (Wildman–Crippen MR) is 112 cm³/mol. The summed E-state index contributed by atoms with van der Waals surface area (Å²) in [6.07, 6.45) is 1.88. The topological polar surface area (TPSA) is 126 Å². The second-order valence-corrected chi connectivity index (χ2v) is 6.94. The Morgan fingerprint density at radius 3 is 2.59 bits per heavy atom. The molecule has 32 heavy (non-hydrogen) atoms. The smallest absolute Gasteiger partial charge is 0.332 e. The lowest BCUT2D eigenvalue weighted by Gasteiger charge is -2.19. The fourth-order valence-corrected chi connectivity index (χ4v) is 3.63. The van der Waals surface area contributed by atoms with E-state index in [9.17, 15) is 9.18 Å². The summed E-state index contributed by atoms with van der Waals surface area (Å²) in [5, 5.41) is 8.03. The van der Waals surface area contributed by atoms with Crippen molar-refractivity contribution in [3.8, 4) is 23.0 Å². The number of fused-ring (bicyclic) bond motifs is 1. The Balaban J connectivity index is 1.67. The van der Waals surface area contributed by atoms with Crippen LogP contribution in [0, 0.1) is 5.82 Å². The summed E-state index contributed by atoms with van der Waals surface area (Å²) in [6, 6.07) is 5.23. The number of hydrazone groups is 1. The lowest BCUT2D eigenvalue weighted by molar-refractivity contribution is 0.0853. The minimum Gasteiger partial charge on any atom is -0.492 e. The zero-order valence-corrected chi connectivity index (χ0v) is 17.4. The van der Waals surface area contributed by atoms with E-state index >= 15 is 0 Å². The number of hydrogen-bond acceptors (Lipinski definition) is 8. The van der Waals surface area contributed by atoms with Crippen LogP contribution < -0.4 is 30.1 Å². The van der Waals surface area contributed by atoms with Gasteiger partial charge in [-0.1, -0.05) is 17.3 Å². The zero-order valence-electron chi connectivity index (χ0n) is 17.4. The molecule has 2 aromatic carbocycles. The van der Waals surface area contributed by atoms with Gasteiger partial charge < -0.3 is 29.5 Å². The number of hydrogen-bond donors (Lipinski definition) is 2. The number of primary amides is 1. The first kappa shape index (κ1) is 21.2. The maximum absolute atomic E-state index is 13.2. The summed E-state index contributed by atoms with van der Waals surface area (Å²) < 4.78 is 35.6. The number of carbonyl (C=O) groups is 1. The van der Waals surface area contributed by atoms with Crippen molar-refractivity contribution in [3.05, 3.63) is 46.8 Å². The van der Waals surface area contributed by atoms with E-state index in [1.807, 2.05) is 0 Å². The molecule has 1 atom stereocenters. The van der Waals surface area contributed by atoms with Crippen molar-refractivity contribution < 1.29 is 33.0 Å². The molecule has 3 N–H and O–H groups in total. The van der Waals surface area contributed by atoms with Gasteiger partial charge in [-0.2, -0.15) is 5.10 Å². The Labute approximate surface area is 182 Å². The number of urea groups is 1. The van der Waals surface area contributed by atoms with Crippen molar-refractivity contribution in [1.82, 2.24) is 5.43 Å². The Morgan fingerprint density at radius 1 is 1.25 bits per heavy atom. The molecule has 2 heterocycles. The fourth-order valence-electron chi connectivity index (χ4n) is 3.63. The van der Waals surface area contributed by atoms with Gasteiger partial charge >= 0.3 is 6.03 Å². The minimum atomic E-state index is -0.814. The molecule has 2 aliphatic heterocycles. The normalized spacial score (nSPS) is 16.6. The van der Waals surface area contributed by atoms with Gasteiger partial charge in [-0.05, 0) is 17.7 Å². The summed E-state index contributed by atoms with van der Waals surface area (Å²) in [6.45, 7) is -0.000615. The standard InChI is InChI=1S/C21H21FN4O6/c1-28-17-14(7-13-8-16(26-32-13)11-3-5-12(22)6-4-11)15(9-24-25-21(23)27)18(29-2)20-19(17)30-10-31-20/h3-6,9,13H,7-8,10H2,1-2H3,(H3,23,25,27)/b24-9+/t13-/m0/s1. The third-order valence-corrected chi connectivity index (χ3v) is 4.99. The first-order chi connectivity index (χ1) is 15.5. The van der Waals surface area contributed by atoms with E-state index in [0.717, 1.165) is 5.56 Å². The molecule has 2 aromatic rings. The molecule has 0 aliphatic carbocycles. The summed E-state index contributed by atoms with van der Waals surface area (Å²) in [5.74, 6) is 1.23. The summed E-state index contributed by atoms with van der Waals surface area (Å²) in [4.78, 5) is 16.7. The average Bonchev–Trinajstić information content (AvgIpc) is 3.44. The maximum atomic E-state index is 13.2. The molecular weight excluding hydrogens is 423 g/mol. The van der Waals surface area contributed by atoms with Crippen molar-refractivity contribution in [2.24, 2.45) is 16.0 Å². The van der Waals surface area contributed by atoms with Gasteiger partial charge in [-0.3, -0.25) is 0 Å². The van der Waals surface area contributed by atoms with Crippen molar-refractivity contribution in [1.29, 1.82) is 0 Å². The Morgan fingerprint density at radius 2 is 1.94 bits per heavy atom. The number of ether oxygens (including phenoxy) is 4. The second kappa shape index (κ2) is 9.00. The number of nitrogens with one attached hydrogen (secondary N) is 1. The van der Waals surface area contributed by atoms with Gasteiger partial charge in [0.1, 0.15) is 11.9 Å². The molecular formula is C21H21FN4O6. The Hall–Kier alpha value is -4.02. The number of nitrogens with two attached hydrogens (primary N) is 1. The van der Waals surface area contributed by atoms with Crippen molar-refractivity contribution in [2.45, 2.75) is 18.9 Å². The third-order valence-electron chi connectivity index (χ3n) is 4.99. The van der Waals surface area contributed by atoms with E-state index in [-0.39, 0.29) is 18.7 Å². The molecule has 4 rings (SSSR count). The molecule has 0 unspecified atom stereocenters. The van der Waals surface area contributed by atoms with Crippen LogP contribution in [-0.2, 0) is 11.3 Å². The highest BCUT2D eigenvalue weighted by Gasteiger charge is 2.33. The molecule has 10 nitrogen and oxygen atoms in total. The summed E-state index contributed by atoms with van der Waals surface area (Å²) >= 11 is 0. The largest absolute Gasteiger partial charge is 0.492 e. The van der Waals surface area contributed by atoms with Crippen molar-refractivity contribution in [3.63, 3.8) is 0 Å². The first-order valence-corrected chi connectivity index (χ1v) is 9.65. The fraction of sp³-hybridized carbons (Fsp3) is 0.286. The zero-order chi connectivity index (χ0) is 22.7. The van der Waals surface area contributed by atoms with E-state index in [0.29, 0.717) is 52.7 Å². The second-order valence-electron chi connectivity index (χ2n) is 6.94. The molecule has 11 heteroatoms. The Kier molecular flexibility index (Phi) is 5.97. The quantitative estimate of drug-likeness (QED) is 0.499. The monoisotopic (exact) mass is 444 g/mol. The van der Waals surface area contributed by atoms with Crippen LogP contribution in [0.2, 0.25) is 0 Å². The molecule has 0 saturated carbocycles. The number of oxime groups is 1. The highest BCUT2D eigenvalue weighted by molar-refractivity contribution is 6.01. The van der Waals surface area contributed by atoms with E-state index in [1.54, 1.807) is 12.1 Å². The third kappa shape index (κ3) is 4.09. The molecule has 0 spiro atoms. The van der Waals surface area contributed by atoms with Crippen LogP contribution in [0.1, 0.15) is 23.1 Å². The Bertz CT molecular complexity index is 1090. The van der Waals surface area contributed by atoms with Crippen LogP contribution in [0.15, 0.2) is 34.5 Å².